The Bertz CT molecular complexity index is 399. The molecule has 0 spiro atoms. The minimum Gasteiger partial charge on any atom is -0.347 e. The molecule has 5 heteroatoms. The molecule has 18 heavy (non-hydrogen) atoms. The summed E-state index contributed by atoms with van der Waals surface area (Å²) in [6, 6.07) is 0.556. The SMILES string of the molecule is Cc1csc(C(C)NC(=O)CCC2CCCN2)n1. The molecule has 0 aliphatic carbocycles. The van der Waals surface area contributed by atoms with Gasteiger partial charge in [0, 0.05) is 23.5 Å². The van der Waals surface area contributed by atoms with Crippen molar-refractivity contribution in [2.45, 2.75) is 51.6 Å². The number of thiazole rings is 1. The molecule has 2 atom stereocenters. The summed E-state index contributed by atoms with van der Waals surface area (Å²) in [4.78, 5) is 16.2. The van der Waals surface area contributed by atoms with E-state index in [9.17, 15) is 4.79 Å². The van der Waals surface area contributed by atoms with Gasteiger partial charge in [0.05, 0.1) is 6.04 Å². The molecule has 4 nitrogen and oxygen atoms in total. The molecule has 0 bridgehead atoms. The maximum Gasteiger partial charge on any atom is 0.220 e. The zero-order valence-corrected chi connectivity index (χ0v) is 11.8. The summed E-state index contributed by atoms with van der Waals surface area (Å²) >= 11 is 1.60. The monoisotopic (exact) mass is 267 g/mol. The van der Waals surface area contributed by atoms with E-state index >= 15 is 0 Å². The minimum atomic E-state index is 0.0211. The van der Waals surface area contributed by atoms with Crippen molar-refractivity contribution in [2.24, 2.45) is 0 Å². The first-order chi connectivity index (χ1) is 8.65. The van der Waals surface area contributed by atoms with Gasteiger partial charge in [0.15, 0.2) is 0 Å². The van der Waals surface area contributed by atoms with Crippen LogP contribution in [-0.2, 0) is 4.79 Å². The Hall–Kier alpha value is -0.940. The predicted molar refractivity (Wildman–Crippen MR) is 73.7 cm³/mol. The molecule has 1 aliphatic rings. The molecule has 2 heterocycles. The highest BCUT2D eigenvalue weighted by Crippen LogP contribution is 2.18. The normalized spacial score (nSPS) is 20.9. The number of amides is 1. The topological polar surface area (TPSA) is 54.0 Å². The Balaban J connectivity index is 1.73. The van der Waals surface area contributed by atoms with Crippen LogP contribution < -0.4 is 10.6 Å². The maximum absolute atomic E-state index is 11.8. The average molecular weight is 267 g/mol. The van der Waals surface area contributed by atoms with Crippen molar-refractivity contribution in [1.82, 2.24) is 15.6 Å². The molecule has 0 saturated carbocycles. The summed E-state index contributed by atoms with van der Waals surface area (Å²) in [5.74, 6) is 0.129. The molecule has 100 valence electrons. The number of carbonyl (C=O) groups excluding carboxylic acids is 1. The van der Waals surface area contributed by atoms with Crippen LogP contribution in [0.1, 0.15) is 49.4 Å². The summed E-state index contributed by atoms with van der Waals surface area (Å²) in [7, 11) is 0. The van der Waals surface area contributed by atoms with Gasteiger partial charge in [-0.15, -0.1) is 11.3 Å². The smallest absolute Gasteiger partial charge is 0.220 e. The first kappa shape index (κ1) is 13.5. The van der Waals surface area contributed by atoms with Crippen LogP contribution in [0.4, 0.5) is 0 Å². The lowest BCUT2D eigenvalue weighted by Crippen LogP contribution is -2.29. The van der Waals surface area contributed by atoms with Crippen LogP contribution in [0.25, 0.3) is 0 Å². The van der Waals surface area contributed by atoms with E-state index < -0.39 is 0 Å². The van der Waals surface area contributed by atoms with E-state index in [1.54, 1.807) is 11.3 Å². The Morgan fingerprint density at radius 3 is 3.17 bits per heavy atom. The molecule has 1 fully saturated rings. The highest BCUT2D eigenvalue weighted by atomic mass is 32.1. The van der Waals surface area contributed by atoms with Crippen molar-refractivity contribution in [2.75, 3.05) is 6.54 Å². The van der Waals surface area contributed by atoms with Crippen molar-refractivity contribution < 1.29 is 4.79 Å². The fraction of sp³-hybridized carbons (Fsp3) is 0.692. The van der Waals surface area contributed by atoms with E-state index in [-0.39, 0.29) is 11.9 Å². The number of carbonyl (C=O) groups is 1. The van der Waals surface area contributed by atoms with Gasteiger partial charge in [-0.2, -0.15) is 0 Å². The van der Waals surface area contributed by atoms with Gasteiger partial charge in [-0.1, -0.05) is 0 Å². The Labute approximate surface area is 112 Å². The summed E-state index contributed by atoms with van der Waals surface area (Å²) in [5.41, 5.74) is 1.02. The van der Waals surface area contributed by atoms with Gasteiger partial charge in [0.25, 0.3) is 0 Å². The third kappa shape index (κ3) is 3.78. The van der Waals surface area contributed by atoms with Crippen LogP contribution in [0.3, 0.4) is 0 Å². The van der Waals surface area contributed by atoms with Gasteiger partial charge in [-0.25, -0.2) is 4.98 Å². The Morgan fingerprint density at radius 1 is 1.72 bits per heavy atom. The molecule has 1 amide bonds. The number of hydrogen-bond donors (Lipinski definition) is 2. The van der Waals surface area contributed by atoms with Crippen LogP contribution in [-0.4, -0.2) is 23.5 Å². The van der Waals surface area contributed by atoms with Crippen molar-refractivity contribution in [3.05, 3.63) is 16.1 Å². The van der Waals surface area contributed by atoms with Gasteiger partial charge in [0.2, 0.25) is 5.91 Å². The third-order valence-corrected chi connectivity index (χ3v) is 4.41. The molecule has 0 aromatic carbocycles. The summed E-state index contributed by atoms with van der Waals surface area (Å²) in [5, 5.41) is 9.42. The molecule has 2 rings (SSSR count). The lowest BCUT2D eigenvalue weighted by atomic mass is 10.1. The molecule has 1 saturated heterocycles. The summed E-state index contributed by atoms with van der Waals surface area (Å²) < 4.78 is 0. The second kappa shape index (κ2) is 6.29. The van der Waals surface area contributed by atoms with Gasteiger partial charge in [-0.3, -0.25) is 4.79 Å². The number of nitrogens with zero attached hydrogens (tertiary/aromatic N) is 1. The number of aryl methyl sites for hydroxylation is 1. The van der Waals surface area contributed by atoms with Crippen LogP contribution in [0, 0.1) is 6.92 Å². The predicted octanol–water partition coefficient (Wildman–Crippen LogP) is 2.16. The first-order valence-corrected chi connectivity index (χ1v) is 7.48. The number of hydrogen-bond acceptors (Lipinski definition) is 4. The minimum absolute atomic E-state index is 0.0211. The summed E-state index contributed by atoms with van der Waals surface area (Å²) in [6.45, 7) is 5.06. The van der Waals surface area contributed by atoms with Crippen molar-refractivity contribution >= 4 is 17.2 Å². The van der Waals surface area contributed by atoms with Gasteiger partial charge >= 0.3 is 0 Å². The first-order valence-electron chi connectivity index (χ1n) is 6.60. The van der Waals surface area contributed by atoms with Gasteiger partial charge in [0.1, 0.15) is 5.01 Å². The molecule has 1 aromatic heterocycles. The Kier molecular flexibility index (Phi) is 4.72. The lowest BCUT2D eigenvalue weighted by molar-refractivity contribution is -0.121. The molecule has 2 unspecified atom stereocenters. The average Bonchev–Trinajstić information content (AvgIpc) is 2.97. The number of rotatable bonds is 5. The Morgan fingerprint density at radius 2 is 2.56 bits per heavy atom. The fourth-order valence-corrected chi connectivity index (χ4v) is 3.06. The van der Waals surface area contributed by atoms with Crippen molar-refractivity contribution in [3.8, 4) is 0 Å². The van der Waals surface area contributed by atoms with E-state index in [4.69, 9.17) is 0 Å². The fourth-order valence-electron chi connectivity index (χ4n) is 2.25. The largest absolute Gasteiger partial charge is 0.347 e. The second-order valence-corrected chi connectivity index (χ2v) is 5.84. The zero-order valence-electron chi connectivity index (χ0n) is 11.0. The van der Waals surface area contributed by atoms with Gasteiger partial charge in [-0.05, 0) is 39.7 Å². The molecule has 1 aliphatic heterocycles. The molecular weight excluding hydrogens is 246 g/mol. The highest BCUT2D eigenvalue weighted by molar-refractivity contribution is 7.09. The highest BCUT2D eigenvalue weighted by Gasteiger charge is 2.17. The maximum atomic E-state index is 11.8. The van der Waals surface area contributed by atoms with Crippen LogP contribution >= 0.6 is 11.3 Å². The van der Waals surface area contributed by atoms with Crippen molar-refractivity contribution in [3.63, 3.8) is 0 Å². The molecular formula is C13H21N3OS. The lowest BCUT2D eigenvalue weighted by Gasteiger charge is -2.13. The van der Waals surface area contributed by atoms with Crippen LogP contribution in [0.2, 0.25) is 0 Å². The van der Waals surface area contributed by atoms with Crippen LogP contribution in [0.15, 0.2) is 5.38 Å². The summed E-state index contributed by atoms with van der Waals surface area (Å²) in [6.07, 6.45) is 3.98. The van der Waals surface area contributed by atoms with Gasteiger partial charge < -0.3 is 10.6 Å². The second-order valence-electron chi connectivity index (χ2n) is 4.95. The van der Waals surface area contributed by atoms with Crippen molar-refractivity contribution in [1.29, 1.82) is 0 Å². The van der Waals surface area contributed by atoms with Crippen LogP contribution in [0.5, 0.6) is 0 Å². The molecule has 1 aromatic rings. The molecule has 0 radical (unpaired) electrons. The van der Waals surface area contributed by atoms with E-state index in [1.165, 1.54) is 12.8 Å². The van der Waals surface area contributed by atoms with E-state index in [0.717, 1.165) is 23.7 Å². The van der Waals surface area contributed by atoms with E-state index in [2.05, 4.69) is 15.6 Å². The third-order valence-electron chi connectivity index (χ3n) is 3.27. The molecule has 2 N–H and O–H groups in total. The van der Waals surface area contributed by atoms with E-state index in [0.29, 0.717) is 12.5 Å². The zero-order chi connectivity index (χ0) is 13.0. The van der Waals surface area contributed by atoms with E-state index in [1.807, 2.05) is 19.2 Å². The quantitative estimate of drug-likeness (QED) is 0.859. The number of nitrogens with one attached hydrogen (secondary N) is 2. The number of aromatic nitrogens is 1. The standard InChI is InChI=1S/C13H21N3OS/c1-9-8-18-13(15-9)10(2)16-12(17)6-5-11-4-3-7-14-11/h8,10-11,14H,3-7H2,1-2H3,(H,16,17).